The summed E-state index contributed by atoms with van der Waals surface area (Å²) >= 11 is 1.59. The van der Waals surface area contributed by atoms with E-state index in [0.717, 1.165) is 17.4 Å². The van der Waals surface area contributed by atoms with Crippen LogP contribution in [0, 0.1) is 0 Å². The van der Waals surface area contributed by atoms with E-state index in [9.17, 15) is 0 Å². The highest BCUT2D eigenvalue weighted by Crippen LogP contribution is 2.37. The minimum absolute atomic E-state index is 0.599. The van der Waals surface area contributed by atoms with Gasteiger partial charge < -0.3 is 9.09 Å². The Morgan fingerprint density at radius 3 is 3.12 bits per heavy atom. The summed E-state index contributed by atoms with van der Waals surface area (Å²) in [4.78, 5) is 4.26. The molecule has 0 radical (unpaired) electrons. The minimum Gasteiger partial charge on any atom is -0.338 e. The monoisotopic (exact) mass is 251 g/mol. The number of hydrogen-bond acceptors (Lipinski definition) is 6. The number of thioether (sulfide) groups is 1. The lowest BCUT2D eigenvalue weighted by Crippen LogP contribution is -1.94. The molecule has 0 aromatic carbocycles. The molecular formula is C10H13N5OS. The third-order valence-corrected chi connectivity index (χ3v) is 3.57. The summed E-state index contributed by atoms with van der Waals surface area (Å²) in [5.41, 5.74) is 0. The molecule has 0 bridgehead atoms. The topological polar surface area (TPSA) is 69.6 Å². The Balaban J connectivity index is 1.64. The second-order valence-corrected chi connectivity index (χ2v) is 4.94. The molecule has 7 heteroatoms. The normalized spacial score (nSPS) is 15.4. The van der Waals surface area contributed by atoms with Gasteiger partial charge in [-0.25, -0.2) is 0 Å². The van der Waals surface area contributed by atoms with Crippen molar-refractivity contribution in [2.24, 2.45) is 0 Å². The van der Waals surface area contributed by atoms with Crippen LogP contribution in [0.5, 0.6) is 0 Å². The highest BCUT2D eigenvalue weighted by molar-refractivity contribution is 7.98. The van der Waals surface area contributed by atoms with Crippen molar-refractivity contribution in [3.8, 4) is 0 Å². The Kier molecular flexibility index (Phi) is 2.84. The third-order valence-electron chi connectivity index (χ3n) is 2.63. The van der Waals surface area contributed by atoms with Gasteiger partial charge in [-0.2, -0.15) is 4.98 Å². The molecule has 2 aromatic heterocycles. The van der Waals surface area contributed by atoms with Crippen molar-refractivity contribution < 1.29 is 4.52 Å². The van der Waals surface area contributed by atoms with Crippen LogP contribution in [-0.2, 0) is 12.2 Å². The largest absolute Gasteiger partial charge is 0.338 e. The molecule has 0 unspecified atom stereocenters. The number of aromatic nitrogens is 5. The van der Waals surface area contributed by atoms with E-state index in [1.807, 2.05) is 6.92 Å². The summed E-state index contributed by atoms with van der Waals surface area (Å²) in [5.74, 6) is 2.06. The average Bonchev–Trinajstić information content (AvgIpc) is 2.93. The molecule has 17 heavy (non-hydrogen) atoms. The maximum absolute atomic E-state index is 5.13. The lowest BCUT2D eigenvalue weighted by molar-refractivity contribution is 0.385. The number of aryl methyl sites for hydroxylation is 1. The van der Waals surface area contributed by atoms with Gasteiger partial charge in [-0.15, -0.1) is 10.2 Å². The highest BCUT2D eigenvalue weighted by Gasteiger charge is 2.26. The van der Waals surface area contributed by atoms with Crippen molar-refractivity contribution in [3.63, 3.8) is 0 Å². The molecule has 1 saturated carbocycles. The molecule has 0 saturated heterocycles. The molecule has 2 heterocycles. The molecule has 0 amide bonds. The first-order valence-corrected chi connectivity index (χ1v) is 6.69. The Hall–Kier alpha value is -1.37. The molecule has 2 aromatic rings. The highest BCUT2D eigenvalue weighted by atomic mass is 32.2. The van der Waals surface area contributed by atoms with Gasteiger partial charge in [0, 0.05) is 12.5 Å². The SMILES string of the molecule is CCc1noc(CSc2nncn2C2CC2)n1. The van der Waals surface area contributed by atoms with Crippen LogP contribution in [0.2, 0.25) is 0 Å². The standard InChI is InChI=1S/C10H13N5OS/c1-2-8-12-9(16-14-8)5-17-10-13-11-6-15(10)7-3-4-7/h6-7H,2-5H2,1H3. The number of rotatable bonds is 5. The van der Waals surface area contributed by atoms with Crippen LogP contribution in [0.15, 0.2) is 16.0 Å². The van der Waals surface area contributed by atoms with Crippen LogP contribution in [-0.4, -0.2) is 24.9 Å². The predicted octanol–water partition coefficient (Wildman–Crippen LogP) is 1.85. The number of nitrogens with zero attached hydrogens (tertiary/aromatic N) is 5. The fourth-order valence-corrected chi connectivity index (χ4v) is 2.38. The fourth-order valence-electron chi connectivity index (χ4n) is 1.56. The smallest absolute Gasteiger partial charge is 0.237 e. The molecule has 6 nitrogen and oxygen atoms in total. The van der Waals surface area contributed by atoms with Crippen molar-refractivity contribution in [3.05, 3.63) is 18.0 Å². The Bertz CT molecular complexity index is 504. The van der Waals surface area contributed by atoms with Crippen LogP contribution in [0.4, 0.5) is 0 Å². The van der Waals surface area contributed by atoms with E-state index in [4.69, 9.17) is 4.52 Å². The van der Waals surface area contributed by atoms with Crippen molar-refractivity contribution in [1.29, 1.82) is 0 Å². The van der Waals surface area contributed by atoms with Gasteiger partial charge >= 0.3 is 0 Å². The summed E-state index contributed by atoms with van der Waals surface area (Å²) in [6.07, 6.45) is 5.05. The maximum atomic E-state index is 5.13. The summed E-state index contributed by atoms with van der Waals surface area (Å²) in [7, 11) is 0. The zero-order chi connectivity index (χ0) is 11.7. The van der Waals surface area contributed by atoms with Crippen molar-refractivity contribution in [1.82, 2.24) is 24.9 Å². The molecule has 1 aliphatic carbocycles. The maximum Gasteiger partial charge on any atom is 0.237 e. The summed E-state index contributed by atoms with van der Waals surface area (Å²) in [5, 5.41) is 12.8. The van der Waals surface area contributed by atoms with Crippen LogP contribution in [0.25, 0.3) is 0 Å². The van der Waals surface area contributed by atoms with Gasteiger partial charge in [-0.3, -0.25) is 0 Å². The zero-order valence-corrected chi connectivity index (χ0v) is 10.4. The first-order chi connectivity index (χ1) is 8.36. The fraction of sp³-hybridized carbons (Fsp3) is 0.600. The molecular weight excluding hydrogens is 238 g/mol. The Morgan fingerprint density at radius 1 is 1.53 bits per heavy atom. The van der Waals surface area contributed by atoms with E-state index in [1.165, 1.54) is 12.8 Å². The number of hydrogen-bond donors (Lipinski definition) is 0. The van der Waals surface area contributed by atoms with Crippen molar-refractivity contribution >= 4 is 11.8 Å². The molecule has 0 atom stereocenters. The van der Waals surface area contributed by atoms with E-state index in [-0.39, 0.29) is 0 Å². The Morgan fingerprint density at radius 2 is 2.41 bits per heavy atom. The molecule has 90 valence electrons. The third kappa shape index (κ3) is 2.33. The molecule has 1 aliphatic rings. The van der Waals surface area contributed by atoms with Gasteiger partial charge in [0.15, 0.2) is 11.0 Å². The van der Waals surface area contributed by atoms with Gasteiger partial charge in [0.2, 0.25) is 5.89 Å². The molecule has 0 aliphatic heterocycles. The summed E-state index contributed by atoms with van der Waals surface area (Å²) in [6, 6.07) is 0.599. The van der Waals surface area contributed by atoms with Crippen LogP contribution in [0.3, 0.4) is 0 Å². The van der Waals surface area contributed by atoms with Gasteiger partial charge in [-0.05, 0) is 12.8 Å². The molecule has 0 spiro atoms. The Labute approximate surface area is 103 Å². The summed E-state index contributed by atoms with van der Waals surface area (Å²) < 4.78 is 7.26. The van der Waals surface area contributed by atoms with Crippen LogP contribution >= 0.6 is 11.8 Å². The van der Waals surface area contributed by atoms with Crippen molar-refractivity contribution in [2.45, 2.75) is 43.1 Å². The first kappa shape index (κ1) is 10.8. The zero-order valence-electron chi connectivity index (χ0n) is 9.54. The van der Waals surface area contributed by atoms with E-state index >= 15 is 0 Å². The first-order valence-electron chi connectivity index (χ1n) is 5.70. The quantitative estimate of drug-likeness (QED) is 0.755. The molecule has 0 N–H and O–H groups in total. The van der Waals surface area contributed by atoms with Gasteiger partial charge in [0.1, 0.15) is 6.33 Å². The van der Waals surface area contributed by atoms with Crippen molar-refractivity contribution in [2.75, 3.05) is 0 Å². The van der Waals surface area contributed by atoms with Crippen LogP contribution < -0.4 is 0 Å². The second-order valence-electron chi connectivity index (χ2n) is 4.00. The molecule has 3 rings (SSSR count). The summed E-state index contributed by atoms with van der Waals surface area (Å²) in [6.45, 7) is 2.01. The van der Waals surface area contributed by atoms with E-state index in [1.54, 1.807) is 18.1 Å². The van der Waals surface area contributed by atoms with Gasteiger partial charge in [0.25, 0.3) is 0 Å². The van der Waals surface area contributed by atoms with Gasteiger partial charge in [0.05, 0.1) is 5.75 Å². The van der Waals surface area contributed by atoms with E-state index in [0.29, 0.717) is 17.7 Å². The van der Waals surface area contributed by atoms with Gasteiger partial charge in [-0.1, -0.05) is 23.8 Å². The predicted molar refractivity (Wildman–Crippen MR) is 61.5 cm³/mol. The van der Waals surface area contributed by atoms with E-state index in [2.05, 4.69) is 24.9 Å². The molecule has 1 fully saturated rings. The lowest BCUT2D eigenvalue weighted by atomic mass is 10.5. The lowest BCUT2D eigenvalue weighted by Gasteiger charge is -2.01. The van der Waals surface area contributed by atoms with E-state index < -0.39 is 0 Å². The second kappa shape index (κ2) is 4.48. The van der Waals surface area contributed by atoms with Crippen LogP contribution in [0.1, 0.15) is 37.5 Å². The average molecular weight is 251 g/mol. The minimum atomic E-state index is 0.599.